The average Bonchev–Trinajstić information content (AvgIpc) is 3.35. The monoisotopic (exact) mass is 384 g/mol. The first-order valence-electron chi connectivity index (χ1n) is 8.96. The minimum atomic E-state index is -0.142. The lowest BCUT2D eigenvalue weighted by Crippen LogP contribution is -2.11. The average molecular weight is 384 g/mol. The van der Waals surface area contributed by atoms with Crippen LogP contribution >= 0.6 is 11.3 Å². The van der Waals surface area contributed by atoms with E-state index in [1.807, 2.05) is 11.4 Å². The van der Waals surface area contributed by atoms with Crippen LogP contribution in [0.5, 0.6) is 10.9 Å². The fourth-order valence-corrected chi connectivity index (χ4v) is 3.97. The van der Waals surface area contributed by atoms with Crippen LogP contribution in [0.3, 0.4) is 0 Å². The van der Waals surface area contributed by atoms with Crippen LogP contribution in [0.25, 0.3) is 11.1 Å². The van der Waals surface area contributed by atoms with Crippen LogP contribution in [-0.2, 0) is 6.42 Å². The first-order valence-corrected chi connectivity index (χ1v) is 9.84. The fourth-order valence-electron chi connectivity index (χ4n) is 3.46. The Bertz CT molecular complexity index is 1150. The van der Waals surface area contributed by atoms with E-state index in [1.54, 1.807) is 30.5 Å². The van der Waals surface area contributed by atoms with Gasteiger partial charge in [-0.05, 0) is 65.1 Å². The summed E-state index contributed by atoms with van der Waals surface area (Å²) in [6, 6.07) is 21.6. The summed E-state index contributed by atoms with van der Waals surface area (Å²) in [7, 11) is 0. The summed E-state index contributed by atoms with van der Waals surface area (Å²) in [5.74, 6) is 0.512. The highest BCUT2D eigenvalue weighted by molar-refractivity contribution is 7.11. The Kier molecular flexibility index (Phi) is 4.14. The zero-order valence-electron chi connectivity index (χ0n) is 14.9. The summed E-state index contributed by atoms with van der Waals surface area (Å²) < 4.78 is 5.63. The van der Waals surface area contributed by atoms with Gasteiger partial charge in [-0.2, -0.15) is 0 Å². The summed E-state index contributed by atoms with van der Waals surface area (Å²) in [4.78, 5) is 16.7. The zero-order chi connectivity index (χ0) is 18.9. The van der Waals surface area contributed by atoms with E-state index in [1.165, 1.54) is 33.6 Å². The molecule has 4 nitrogen and oxygen atoms in total. The number of nitrogens with one attached hydrogen (secondary N) is 1. The molecule has 0 aliphatic heterocycles. The highest BCUT2D eigenvalue weighted by Gasteiger charge is 2.18. The lowest BCUT2D eigenvalue weighted by Gasteiger charge is -2.08. The molecule has 5 heteroatoms. The van der Waals surface area contributed by atoms with E-state index in [-0.39, 0.29) is 5.91 Å². The van der Waals surface area contributed by atoms with E-state index in [9.17, 15) is 4.79 Å². The molecule has 0 saturated carbocycles. The number of anilines is 1. The molecule has 1 N–H and O–H groups in total. The number of thiazole rings is 1. The van der Waals surface area contributed by atoms with Crippen LogP contribution in [0, 0.1) is 0 Å². The third-order valence-corrected chi connectivity index (χ3v) is 5.43. The van der Waals surface area contributed by atoms with Crippen molar-refractivity contribution >= 4 is 22.9 Å². The summed E-state index contributed by atoms with van der Waals surface area (Å²) in [6.45, 7) is 0. The first kappa shape index (κ1) is 16.7. The molecule has 0 unspecified atom stereocenters. The number of fused-ring (bicyclic) bond motifs is 3. The lowest BCUT2D eigenvalue weighted by atomic mass is 10.1. The molecule has 0 atom stereocenters. The maximum atomic E-state index is 12.6. The number of rotatable bonds is 4. The van der Waals surface area contributed by atoms with E-state index in [4.69, 9.17) is 4.74 Å². The van der Waals surface area contributed by atoms with E-state index >= 15 is 0 Å². The van der Waals surface area contributed by atoms with Crippen LogP contribution in [0.4, 0.5) is 5.69 Å². The van der Waals surface area contributed by atoms with Crippen LogP contribution in [0.1, 0.15) is 21.5 Å². The van der Waals surface area contributed by atoms with Gasteiger partial charge < -0.3 is 10.1 Å². The Labute approximate surface area is 166 Å². The molecule has 0 radical (unpaired) electrons. The van der Waals surface area contributed by atoms with E-state index in [0.29, 0.717) is 16.5 Å². The highest BCUT2D eigenvalue weighted by atomic mass is 32.1. The normalized spacial score (nSPS) is 11.6. The van der Waals surface area contributed by atoms with Crippen molar-refractivity contribution in [3.8, 4) is 22.1 Å². The lowest BCUT2D eigenvalue weighted by molar-refractivity contribution is 0.102. The maximum absolute atomic E-state index is 12.6. The number of aromatic nitrogens is 1. The quantitative estimate of drug-likeness (QED) is 0.429. The number of carbonyl (C=O) groups is 1. The molecule has 1 amide bonds. The second-order valence-corrected chi connectivity index (χ2v) is 7.44. The van der Waals surface area contributed by atoms with Crippen molar-refractivity contribution < 1.29 is 9.53 Å². The second kappa shape index (κ2) is 6.94. The molecule has 28 heavy (non-hydrogen) atoms. The minimum Gasteiger partial charge on any atom is -0.431 e. The Morgan fingerprint density at radius 2 is 1.79 bits per heavy atom. The number of amides is 1. The van der Waals surface area contributed by atoms with Gasteiger partial charge in [0, 0.05) is 22.8 Å². The number of hydrogen-bond acceptors (Lipinski definition) is 4. The van der Waals surface area contributed by atoms with Crippen LogP contribution in [-0.4, -0.2) is 10.9 Å². The molecule has 136 valence electrons. The second-order valence-electron chi connectivity index (χ2n) is 6.58. The van der Waals surface area contributed by atoms with Crippen molar-refractivity contribution in [3.05, 3.63) is 95.0 Å². The molecule has 1 aromatic heterocycles. The van der Waals surface area contributed by atoms with Gasteiger partial charge >= 0.3 is 0 Å². The topological polar surface area (TPSA) is 51.2 Å². The largest absolute Gasteiger partial charge is 0.431 e. The van der Waals surface area contributed by atoms with E-state index < -0.39 is 0 Å². The van der Waals surface area contributed by atoms with Crippen molar-refractivity contribution in [2.24, 2.45) is 0 Å². The smallest absolute Gasteiger partial charge is 0.278 e. The molecule has 1 heterocycles. The van der Waals surface area contributed by atoms with Gasteiger partial charge in [0.15, 0.2) is 0 Å². The SMILES string of the molecule is O=C(Nc1ccc2c(c1)Cc1ccccc1-2)c1ccc(Oc2nccs2)cc1. The van der Waals surface area contributed by atoms with Gasteiger partial charge in [-0.25, -0.2) is 4.98 Å². The number of hydrogen-bond donors (Lipinski definition) is 1. The van der Waals surface area contributed by atoms with Gasteiger partial charge in [0.2, 0.25) is 0 Å². The van der Waals surface area contributed by atoms with Crippen LogP contribution in [0.2, 0.25) is 0 Å². The third kappa shape index (κ3) is 3.17. The van der Waals surface area contributed by atoms with Gasteiger partial charge in [-0.1, -0.05) is 41.7 Å². The predicted octanol–water partition coefficient (Wildman–Crippen LogP) is 5.76. The summed E-state index contributed by atoms with van der Waals surface area (Å²) in [5.41, 5.74) is 6.49. The van der Waals surface area contributed by atoms with Gasteiger partial charge in [-0.3, -0.25) is 4.79 Å². The molecule has 0 fully saturated rings. The van der Waals surface area contributed by atoms with E-state index in [2.05, 4.69) is 46.7 Å². The zero-order valence-corrected chi connectivity index (χ0v) is 15.7. The Morgan fingerprint density at radius 3 is 2.61 bits per heavy atom. The van der Waals surface area contributed by atoms with Gasteiger partial charge in [0.25, 0.3) is 11.1 Å². The van der Waals surface area contributed by atoms with Gasteiger partial charge in [-0.15, -0.1) is 0 Å². The van der Waals surface area contributed by atoms with Crippen LogP contribution in [0.15, 0.2) is 78.3 Å². The minimum absolute atomic E-state index is 0.142. The maximum Gasteiger partial charge on any atom is 0.278 e. The molecular formula is C23H16N2O2S. The molecule has 0 saturated heterocycles. The first-order chi connectivity index (χ1) is 13.8. The Hall–Kier alpha value is -3.44. The standard InChI is InChI=1S/C23H16N2O2S/c26-22(15-5-8-19(9-6-15)27-23-24-11-12-28-23)25-18-7-10-21-17(14-18)13-16-3-1-2-4-20(16)21/h1-12,14H,13H2,(H,25,26). The highest BCUT2D eigenvalue weighted by Crippen LogP contribution is 2.37. The molecule has 4 aromatic rings. The molecule has 1 aliphatic carbocycles. The van der Waals surface area contributed by atoms with Crippen molar-refractivity contribution in [1.29, 1.82) is 0 Å². The van der Waals surface area contributed by atoms with Gasteiger partial charge in [0.1, 0.15) is 5.75 Å². The van der Waals surface area contributed by atoms with Crippen molar-refractivity contribution in [1.82, 2.24) is 4.98 Å². The Balaban J connectivity index is 1.30. The fraction of sp³-hybridized carbons (Fsp3) is 0.0435. The summed E-state index contributed by atoms with van der Waals surface area (Å²) in [6.07, 6.45) is 2.59. The molecule has 0 spiro atoms. The summed E-state index contributed by atoms with van der Waals surface area (Å²) >= 11 is 1.42. The number of carbonyl (C=O) groups excluding carboxylic acids is 1. The van der Waals surface area contributed by atoms with Crippen molar-refractivity contribution in [2.75, 3.05) is 5.32 Å². The third-order valence-electron chi connectivity index (χ3n) is 4.78. The number of nitrogens with zero attached hydrogens (tertiary/aromatic N) is 1. The van der Waals surface area contributed by atoms with E-state index in [0.717, 1.165) is 12.1 Å². The Morgan fingerprint density at radius 1 is 0.964 bits per heavy atom. The molecule has 0 bridgehead atoms. The van der Waals surface area contributed by atoms with Gasteiger partial charge in [0.05, 0.1) is 0 Å². The number of benzene rings is 3. The van der Waals surface area contributed by atoms with Crippen molar-refractivity contribution in [3.63, 3.8) is 0 Å². The molecular weight excluding hydrogens is 368 g/mol. The summed E-state index contributed by atoms with van der Waals surface area (Å²) in [5, 5.41) is 5.42. The van der Waals surface area contributed by atoms with Crippen LogP contribution < -0.4 is 10.1 Å². The predicted molar refractivity (Wildman–Crippen MR) is 111 cm³/mol. The molecule has 1 aliphatic rings. The van der Waals surface area contributed by atoms with Crippen molar-refractivity contribution in [2.45, 2.75) is 6.42 Å². The number of ether oxygens (including phenoxy) is 1. The molecule has 3 aromatic carbocycles. The molecule has 5 rings (SSSR count).